The Morgan fingerprint density at radius 3 is 2.68 bits per heavy atom. The second kappa shape index (κ2) is 10.1. The number of benzene rings is 2. The van der Waals surface area contributed by atoms with Gasteiger partial charge in [-0.2, -0.15) is 4.98 Å². The summed E-state index contributed by atoms with van der Waals surface area (Å²) in [6.07, 6.45) is 6.94. The largest absolute Gasteiger partial charge is 0.471 e. The zero-order valence-electron chi connectivity index (χ0n) is 21.6. The summed E-state index contributed by atoms with van der Waals surface area (Å²) in [5.74, 6) is 1.42. The van der Waals surface area contributed by atoms with Gasteiger partial charge < -0.3 is 14.4 Å². The molecule has 6 nitrogen and oxygen atoms in total. The van der Waals surface area contributed by atoms with Crippen molar-refractivity contribution in [2.75, 3.05) is 13.2 Å². The molecule has 1 fully saturated rings. The summed E-state index contributed by atoms with van der Waals surface area (Å²) < 4.78 is 11.8. The minimum absolute atomic E-state index is 0.0168. The van der Waals surface area contributed by atoms with Crippen LogP contribution in [0.4, 0.5) is 0 Å². The third kappa shape index (κ3) is 4.55. The number of amides is 1. The third-order valence-corrected chi connectivity index (χ3v) is 7.85. The fourth-order valence-electron chi connectivity index (χ4n) is 5.89. The highest BCUT2D eigenvalue weighted by molar-refractivity contribution is 5.97. The van der Waals surface area contributed by atoms with Gasteiger partial charge >= 0.3 is 0 Å². The molecule has 0 bridgehead atoms. The number of nitrogens with zero attached hydrogens (tertiary/aromatic N) is 3. The number of allylic oxidation sites excluding steroid dienone is 4. The van der Waals surface area contributed by atoms with Gasteiger partial charge in [-0.3, -0.25) is 4.79 Å². The third-order valence-electron chi connectivity index (χ3n) is 7.85. The second-order valence-corrected chi connectivity index (χ2v) is 10.1. The van der Waals surface area contributed by atoms with E-state index < -0.39 is 0 Å². The standard InChI is InChI=1S/C31H33N3O3/c1-3-20-15-23-16-22-9-5-6-10-25(22)31(35)34(28(23)17-21(20)4-2)18-29-32-27-12-8-7-11-26(27)30(33-29)37-24-13-14-36-19-24/h5-12,17,23-24H,3-4,13-16,18-19H2,1-2H3. The monoisotopic (exact) mass is 495 g/mol. The number of aromatic nitrogens is 2. The van der Waals surface area contributed by atoms with Crippen molar-refractivity contribution in [3.8, 4) is 5.88 Å². The Hall–Kier alpha value is -3.51. The van der Waals surface area contributed by atoms with Crippen molar-refractivity contribution in [2.24, 2.45) is 5.92 Å². The minimum atomic E-state index is -0.0204. The summed E-state index contributed by atoms with van der Waals surface area (Å²) >= 11 is 0. The van der Waals surface area contributed by atoms with E-state index in [1.807, 2.05) is 47.4 Å². The van der Waals surface area contributed by atoms with E-state index >= 15 is 0 Å². The van der Waals surface area contributed by atoms with Crippen molar-refractivity contribution in [3.05, 3.63) is 88.4 Å². The second-order valence-electron chi connectivity index (χ2n) is 10.1. The van der Waals surface area contributed by atoms with Gasteiger partial charge in [0.25, 0.3) is 5.91 Å². The molecule has 3 aromatic rings. The van der Waals surface area contributed by atoms with E-state index in [2.05, 4.69) is 26.0 Å². The van der Waals surface area contributed by atoms with Gasteiger partial charge in [0.1, 0.15) is 6.10 Å². The Kier molecular flexibility index (Phi) is 6.51. The average Bonchev–Trinajstić information content (AvgIpc) is 3.41. The van der Waals surface area contributed by atoms with Gasteiger partial charge in [-0.05, 0) is 61.1 Å². The van der Waals surface area contributed by atoms with E-state index in [1.54, 1.807) is 0 Å². The van der Waals surface area contributed by atoms with Crippen molar-refractivity contribution in [2.45, 2.75) is 58.6 Å². The summed E-state index contributed by atoms with van der Waals surface area (Å²) in [6.45, 7) is 6.00. The van der Waals surface area contributed by atoms with Crippen molar-refractivity contribution < 1.29 is 14.3 Å². The van der Waals surface area contributed by atoms with E-state index in [4.69, 9.17) is 19.4 Å². The van der Waals surface area contributed by atoms with Gasteiger partial charge in [-0.15, -0.1) is 0 Å². The number of para-hydroxylation sites is 1. The lowest BCUT2D eigenvalue weighted by molar-refractivity contribution is 0.0780. The van der Waals surface area contributed by atoms with Crippen LogP contribution in [-0.2, 0) is 17.7 Å². The molecule has 37 heavy (non-hydrogen) atoms. The molecule has 2 aromatic carbocycles. The molecule has 2 atom stereocenters. The Labute approximate surface area is 218 Å². The maximum Gasteiger partial charge on any atom is 0.258 e. The van der Waals surface area contributed by atoms with E-state index in [9.17, 15) is 4.79 Å². The van der Waals surface area contributed by atoms with Crippen LogP contribution in [0.3, 0.4) is 0 Å². The van der Waals surface area contributed by atoms with Gasteiger partial charge in [0, 0.05) is 23.6 Å². The maximum absolute atomic E-state index is 14.0. The summed E-state index contributed by atoms with van der Waals surface area (Å²) in [4.78, 5) is 25.7. The predicted octanol–water partition coefficient (Wildman–Crippen LogP) is 6.02. The van der Waals surface area contributed by atoms with Gasteiger partial charge in [0.15, 0.2) is 5.82 Å². The van der Waals surface area contributed by atoms with Gasteiger partial charge in [-0.1, -0.05) is 49.8 Å². The summed E-state index contributed by atoms with van der Waals surface area (Å²) in [5.41, 5.74) is 6.64. The topological polar surface area (TPSA) is 64.6 Å². The summed E-state index contributed by atoms with van der Waals surface area (Å²) in [7, 11) is 0. The van der Waals surface area contributed by atoms with Crippen LogP contribution in [0.15, 0.2) is 71.5 Å². The van der Waals surface area contributed by atoms with Crippen molar-refractivity contribution in [1.29, 1.82) is 0 Å². The van der Waals surface area contributed by atoms with E-state index in [-0.39, 0.29) is 17.9 Å². The molecule has 0 saturated carbocycles. The Morgan fingerprint density at radius 1 is 1.03 bits per heavy atom. The zero-order chi connectivity index (χ0) is 25.4. The van der Waals surface area contributed by atoms with Crippen LogP contribution in [0.1, 0.15) is 61.3 Å². The molecular weight excluding hydrogens is 462 g/mol. The molecule has 1 saturated heterocycles. The average molecular weight is 496 g/mol. The molecule has 6 rings (SSSR count). The highest BCUT2D eigenvalue weighted by Gasteiger charge is 2.35. The molecule has 0 N–H and O–H groups in total. The molecule has 0 radical (unpaired) electrons. The smallest absolute Gasteiger partial charge is 0.258 e. The first-order valence-electron chi connectivity index (χ1n) is 13.5. The van der Waals surface area contributed by atoms with Crippen LogP contribution in [-0.4, -0.2) is 40.1 Å². The van der Waals surface area contributed by atoms with Crippen molar-refractivity contribution in [1.82, 2.24) is 14.9 Å². The summed E-state index contributed by atoms with van der Waals surface area (Å²) in [5, 5.41) is 0.879. The van der Waals surface area contributed by atoms with Crippen LogP contribution in [0, 0.1) is 5.92 Å². The van der Waals surface area contributed by atoms with E-state index in [1.165, 1.54) is 11.1 Å². The minimum Gasteiger partial charge on any atom is -0.471 e. The van der Waals surface area contributed by atoms with Gasteiger partial charge in [-0.25, -0.2) is 4.98 Å². The lowest BCUT2D eigenvalue weighted by atomic mass is 9.81. The van der Waals surface area contributed by atoms with Gasteiger partial charge in [0.05, 0.1) is 30.7 Å². The number of carbonyl (C=O) groups is 1. The first kappa shape index (κ1) is 23.9. The molecular formula is C31H33N3O3. The Bertz CT molecular complexity index is 1400. The predicted molar refractivity (Wildman–Crippen MR) is 143 cm³/mol. The number of hydrogen-bond donors (Lipinski definition) is 0. The first-order chi connectivity index (χ1) is 18.1. The molecule has 190 valence electrons. The zero-order valence-corrected chi connectivity index (χ0v) is 21.6. The molecule has 1 aliphatic carbocycles. The van der Waals surface area contributed by atoms with E-state index in [0.29, 0.717) is 31.5 Å². The van der Waals surface area contributed by atoms with Crippen LogP contribution < -0.4 is 4.74 Å². The lowest BCUT2D eigenvalue weighted by Crippen LogP contribution is -2.33. The normalized spacial score (nSPS) is 21.5. The molecule has 2 aliphatic heterocycles. The highest BCUT2D eigenvalue weighted by Crippen LogP contribution is 2.40. The lowest BCUT2D eigenvalue weighted by Gasteiger charge is -2.33. The number of ether oxygens (including phenoxy) is 2. The Balaban J connectivity index is 1.43. The van der Waals surface area contributed by atoms with Crippen LogP contribution in [0.2, 0.25) is 0 Å². The fourth-order valence-corrected chi connectivity index (χ4v) is 5.89. The summed E-state index contributed by atoms with van der Waals surface area (Å²) in [6, 6.07) is 15.9. The SMILES string of the molecule is CCC1=C(CC)CC2Cc3ccccc3C(=O)N(Cc3nc(OC4CCOC4)c4ccccc4n3)C2=C1. The highest BCUT2D eigenvalue weighted by atomic mass is 16.5. The van der Waals surface area contributed by atoms with E-state index in [0.717, 1.165) is 59.8 Å². The molecule has 3 aliphatic rings. The van der Waals surface area contributed by atoms with Crippen molar-refractivity contribution in [3.63, 3.8) is 0 Å². The molecule has 0 spiro atoms. The first-order valence-corrected chi connectivity index (χ1v) is 13.5. The molecule has 3 heterocycles. The van der Waals surface area contributed by atoms with Gasteiger partial charge in [0.2, 0.25) is 5.88 Å². The maximum atomic E-state index is 14.0. The Morgan fingerprint density at radius 2 is 1.86 bits per heavy atom. The number of rotatable bonds is 6. The van der Waals surface area contributed by atoms with Crippen LogP contribution in [0.25, 0.3) is 10.9 Å². The van der Waals surface area contributed by atoms with Crippen LogP contribution >= 0.6 is 0 Å². The molecule has 1 aromatic heterocycles. The van der Waals surface area contributed by atoms with Crippen LogP contribution in [0.5, 0.6) is 5.88 Å². The number of fused-ring (bicyclic) bond motifs is 3. The number of carbonyl (C=O) groups excluding carboxylic acids is 1. The molecule has 1 amide bonds. The molecule has 6 heteroatoms. The number of hydrogen-bond acceptors (Lipinski definition) is 5. The van der Waals surface area contributed by atoms with Crippen molar-refractivity contribution >= 4 is 16.8 Å². The quantitative estimate of drug-likeness (QED) is 0.419. The fraction of sp³-hybridized carbons (Fsp3) is 0.387. The molecule has 2 unspecified atom stereocenters.